The molecule has 0 saturated carbocycles. The first-order chi connectivity index (χ1) is 7.44. The third kappa shape index (κ3) is 3.83. The van der Waals surface area contributed by atoms with Gasteiger partial charge in [0.15, 0.2) is 0 Å². The predicted molar refractivity (Wildman–Crippen MR) is 65.4 cm³/mol. The fraction of sp³-hybridized carbons (Fsp3) is 0.538. The lowest BCUT2D eigenvalue weighted by molar-refractivity contribution is -0.0868. The van der Waals surface area contributed by atoms with Crippen LogP contribution in [0.3, 0.4) is 0 Å². The molecule has 0 fully saturated rings. The molecule has 0 amide bonds. The lowest BCUT2D eigenvalue weighted by atomic mass is 10.1. The summed E-state index contributed by atoms with van der Waals surface area (Å²) in [6, 6.07) is 8.02. The van der Waals surface area contributed by atoms with Gasteiger partial charge in [0.25, 0.3) is 0 Å². The van der Waals surface area contributed by atoms with Gasteiger partial charge in [-0.1, -0.05) is 18.2 Å². The van der Waals surface area contributed by atoms with E-state index in [9.17, 15) is 0 Å². The van der Waals surface area contributed by atoms with Crippen LogP contribution >= 0.6 is 0 Å². The van der Waals surface area contributed by atoms with Crippen molar-refractivity contribution in [2.75, 3.05) is 7.11 Å². The molecular formula is C13H21NO2. The van der Waals surface area contributed by atoms with Crippen molar-refractivity contribution in [2.24, 2.45) is 0 Å². The van der Waals surface area contributed by atoms with E-state index in [1.807, 2.05) is 52.0 Å². The maximum atomic E-state index is 5.54. The van der Waals surface area contributed by atoms with Crippen molar-refractivity contribution in [1.29, 1.82) is 0 Å². The normalized spacial score (nSPS) is 13.6. The Morgan fingerprint density at radius 1 is 1.19 bits per heavy atom. The maximum Gasteiger partial charge on any atom is 0.123 e. The van der Waals surface area contributed by atoms with Gasteiger partial charge in [-0.15, -0.1) is 0 Å². The average molecular weight is 223 g/mol. The number of hydroxylamine groups is 1. The van der Waals surface area contributed by atoms with Gasteiger partial charge in [0, 0.05) is 5.56 Å². The summed E-state index contributed by atoms with van der Waals surface area (Å²) in [4.78, 5) is 5.54. The minimum Gasteiger partial charge on any atom is -0.496 e. The molecule has 0 spiro atoms. The van der Waals surface area contributed by atoms with Gasteiger partial charge < -0.3 is 4.74 Å². The molecule has 3 heteroatoms. The van der Waals surface area contributed by atoms with Crippen LogP contribution in [0.25, 0.3) is 0 Å². The second-order valence-corrected chi connectivity index (χ2v) is 4.80. The summed E-state index contributed by atoms with van der Waals surface area (Å²) < 4.78 is 5.30. The van der Waals surface area contributed by atoms with Crippen LogP contribution in [0.1, 0.15) is 39.3 Å². The van der Waals surface area contributed by atoms with E-state index in [-0.39, 0.29) is 11.6 Å². The third-order valence-electron chi connectivity index (χ3n) is 2.15. The summed E-state index contributed by atoms with van der Waals surface area (Å²) in [5.74, 6) is 0.875. The summed E-state index contributed by atoms with van der Waals surface area (Å²) in [6.45, 7) is 8.07. The van der Waals surface area contributed by atoms with Crippen molar-refractivity contribution in [3.8, 4) is 5.75 Å². The van der Waals surface area contributed by atoms with Gasteiger partial charge in [-0.2, -0.15) is 5.48 Å². The summed E-state index contributed by atoms with van der Waals surface area (Å²) in [5.41, 5.74) is 3.93. The fourth-order valence-corrected chi connectivity index (χ4v) is 1.35. The number of hydrogen-bond donors (Lipinski definition) is 1. The van der Waals surface area contributed by atoms with Crippen LogP contribution in [-0.4, -0.2) is 12.7 Å². The van der Waals surface area contributed by atoms with Crippen molar-refractivity contribution in [3.63, 3.8) is 0 Å². The molecule has 0 heterocycles. The maximum absolute atomic E-state index is 5.54. The van der Waals surface area contributed by atoms with Crippen LogP contribution in [0.2, 0.25) is 0 Å². The summed E-state index contributed by atoms with van der Waals surface area (Å²) in [5, 5.41) is 0. The molecule has 0 aliphatic carbocycles. The molecule has 90 valence electrons. The van der Waals surface area contributed by atoms with Gasteiger partial charge in [-0.25, -0.2) is 0 Å². The number of para-hydroxylation sites is 1. The van der Waals surface area contributed by atoms with Crippen molar-refractivity contribution in [2.45, 2.75) is 39.3 Å². The Balaban J connectivity index is 2.69. The zero-order valence-corrected chi connectivity index (χ0v) is 10.7. The number of nitrogens with one attached hydrogen (secondary N) is 1. The molecule has 0 aliphatic rings. The first-order valence-corrected chi connectivity index (χ1v) is 5.50. The fourth-order valence-electron chi connectivity index (χ4n) is 1.35. The highest BCUT2D eigenvalue weighted by atomic mass is 16.7. The Kier molecular flexibility index (Phi) is 4.33. The Labute approximate surface area is 97.7 Å². The topological polar surface area (TPSA) is 30.5 Å². The molecule has 3 nitrogen and oxygen atoms in total. The average Bonchev–Trinajstić information content (AvgIpc) is 2.25. The number of ether oxygens (including phenoxy) is 1. The molecule has 1 unspecified atom stereocenters. The van der Waals surface area contributed by atoms with Gasteiger partial charge in [0.2, 0.25) is 0 Å². The van der Waals surface area contributed by atoms with Gasteiger partial charge in [-0.05, 0) is 33.8 Å². The summed E-state index contributed by atoms with van der Waals surface area (Å²) >= 11 is 0. The molecule has 1 atom stereocenters. The van der Waals surface area contributed by atoms with E-state index in [2.05, 4.69) is 5.48 Å². The molecule has 0 aliphatic heterocycles. The highest BCUT2D eigenvalue weighted by Gasteiger charge is 2.15. The van der Waals surface area contributed by atoms with E-state index in [0.717, 1.165) is 11.3 Å². The van der Waals surface area contributed by atoms with Gasteiger partial charge in [0.1, 0.15) is 5.75 Å². The van der Waals surface area contributed by atoms with Crippen molar-refractivity contribution >= 4 is 0 Å². The van der Waals surface area contributed by atoms with Gasteiger partial charge in [-0.3, -0.25) is 4.84 Å². The van der Waals surface area contributed by atoms with E-state index in [0.29, 0.717) is 0 Å². The summed E-state index contributed by atoms with van der Waals surface area (Å²) in [7, 11) is 1.68. The third-order valence-corrected chi connectivity index (χ3v) is 2.15. The molecule has 1 rings (SSSR count). The van der Waals surface area contributed by atoms with Crippen molar-refractivity contribution < 1.29 is 9.57 Å². The second kappa shape index (κ2) is 5.32. The van der Waals surface area contributed by atoms with E-state index in [1.54, 1.807) is 7.11 Å². The molecule has 1 N–H and O–H groups in total. The summed E-state index contributed by atoms with van der Waals surface area (Å²) in [6.07, 6.45) is 0. The molecule has 0 saturated heterocycles. The molecule has 0 bridgehead atoms. The predicted octanol–water partition coefficient (Wildman–Crippen LogP) is 3.08. The highest BCUT2D eigenvalue weighted by Crippen LogP contribution is 2.24. The Morgan fingerprint density at radius 2 is 1.81 bits per heavy atom. The van der Waals surface area contributed by atoms with Crippen LogP contribution in [0.5, 0.6) is 5.75 Å². The monoisotopic (exact) mass is 223 g/mol. The first kappa shape index (κ1) is 13.0. The van der Waals surface area contributed by atoms with Crippen molar-refractivity contribution in [3.05, 3.63) is 29.8 Å². The van der Waals surface area contributed by atoms with Crippen LogP contribution in [0, 0.1) is 0 Å². The molecule has 0 aromatic heterocycles. The molecule has 16 heavy (non-hydrogen) atoms. The van der Waals surface area contributed by atoms with Crippen LogP contribution in [0.15, 0.2) is 24.3 Å². The van der Waals surface area contributed by atoms with E-state index in [4.69, 9.17) is 9.57 Å². The first-order valence-electron chi connectivity index (χ1n) is 5.50. The van der Waals surface area contributed by atoms with Crippen molar-refractivity contribution in [1.82, 2.24) is 5.48 Å². The van der Waals surface area contributed by atoms with Crippen LogP contribution in [0.4, 0.5) is 0 Å². The molecular weight excluding hydrogens is 202 g/mol. The lowest BCUT2D eigenvalue weighted by Crippen LogP contribution is -2.31. The van der Waals surface area contributed by atoms with Gasteiger partial charge in [0.05, 0.1) is 18.8 Å². The Bertz CT molecular complexity index is 331. The number of benzene rings is 1. The zero-order chi connectivity index (χ0) is 12.2. The van der Waals surface area contributed by atoms with E-state index >= 15 is 0 Å². The number of hydrogen-bond acceptors (Lipinski definition) is 3. The van der Waals surface area contributed by atoms with E-state index < -0.39 is 0 Å². The van der Waals surface area contributed by atoms with E-state index in [1.165, 1.54) is 0 Å². The van der Waals surface area contributed by atoms with Crippen LogP contribution in [-0.2, 0) is 4.84 Å². The molecule has 0 radical (unpaired) electrons. The molecule has 1 aromatic rings. The quantitative estimate of drug-likeness (QED) is 0.796. The number of rotatable bonds is 4. The SMILES string of the molecule is COc1ccccc1C(C)NOC(C)(C)C. The minimum absolute atomic E-state index is 0.0929. The highest BCUT2D eigenvalue weighted by molar-refractivity contribution is 5.35. The Hall–Kier alpha value is -1.06. The number of methoxy groups -OCH3 is 1. The smallest absolute Gasteiger partial charge is 0.123 e. The Morgan fingerprint density at radius 3 is 2.38 bits per heavy atom. The standard InChI is InChI=1S/C13H21NO2/c1-10(14-16-13(2,3)4)11-8-6-7-9-12(11)15-5/h6-10,14H,1-5H3. The minimum atomic E-state index is -0.198. The zero-order valence-electron chi connectivity index (χ0n) is 10.7. The molecule has 1 aromatic carbocycles. The van der Waals surface area contributed by atoms with Crippen LogP contribution < -0.4 is 10.2 Å². The lowest BCUT2D eigenvalue weighted by Gasteiger charge is -2.24. The largest absolute Gasteiger partial charge is 0.496 e. The van der Waals surface area contributed by atoms with Gasteiger partial charge >= 0.3 is 0 Å². The second-order valence-electron chi connectivity index (χ2n) is 4.80.